The van der Waals surface area contributed by atoms with E-state index in [2.05, 4.69) is 5.32 Å². The molecule has 1 atom stereocenters. The van der Waals surface area contributed by atoms with Crippen molar-refractivity contribution in [1.29, 1.82) is 0 Å². The molecule has 1 aromatic rings. The number of nitrogens with one attached hydrogen (secondary N) is 1. The predicted molar refractivity (Wildman–Crippen MR) is 73.2 cm³/mol. The molecule has 0 aromatic heterocycles. The van der Waals surface area contributed by atoms with Crippen LogP contribution in [0.4, 0.5) is 0 Å². The van der Waals surface area contributed by atoms with E-state index in [1.807, 2.05) is 32.0 Å². The normalized spacial score (nSPS) is 12.1. The Labute approximate surface area is 118 Å². The minimum absolute atomic E-state index is 0.220. The first-order valence-corrected chi connectivity index (χ1v) is 6.52. The zero-order valence-corrected chi connectivity index (χ0v) is 12.2. The van der Waals surface area contributed by atoms with Gasteiger partial charge in [-0.1, -0.05) is 32.0 Å². The van der Waals surface area contributed by atoms with Crippen molar-refractivity contribution in [2.45, 2.75) is 33.7 Å². The van der Waals surface area contributed by atoms with Crippen LogP contribution in [-0.4, -0.2) is 24.5 Å². The van der Waals surface area contributed by atoms with E-state index < -0.39 is 17.9 Å². The van der Waals surface area contributed by atoms with Gasteiger partial charge >= 0.3 is 0 Å². The average molecular weight is 278 g/mol. The Morgan fingerprint density at radius 1 is 1.25 bits per heavy atom. The van der Waals surface area contributed by atoms with Gasteiger partial charge in [-0.05, 0) is 30.9 Å². The molecule has 1 rings (SSSR count). The molecule has 0 radical (unpaired) electrons. The van der Waals surface area contributed by atoms with Crippen molar-refractivity contribution in [1.82, 2.24) is 5.32 Å². The number of carboxylic acid groups (broad SMARTS) is 1. The van der Waals surface area contributed by atoms with Crippen LogP contribution in [0.5, 0.6) is 5.75 Å². The van der Waals surface area contributed by atoms with Crippen LogP contribution < -0.4 is 15.2 Å². The maximum absolute atomic E-state index is 11.7. The molecule has 1 aromatic carbocycles. The smallest absolute Gasteiger partial charge is 0.258 e. The van der Waals surface area contributed by atoms with Crippen molar-refractivity contribution < 1.29 is 19.4 Å². The molecule has 20 heavy (non-hydrogen) atoms. The van der Waals surface area contributed by atoms with Crippen molar-refractivity contribution in [2.75, 3.05) is 6.61 Å². The van der Waals surface area contributed by atoms with Gasteiger partial charge in [0.05, 0.1) is 12.0 Å². The summed E-state index contributed by atoms with van der Waals surface area (Å²) in [6.07, 6.45) is 0. The maximum Gasteiger partial charge on any atom is 0.258 e. The van der Waals surface area contributed by atoms with E-state index in [1.54, 1.807) is 13.8 Å². The lowest BCUT2D eigenvalue weighted by Gasteiger charge is -2.23. The zero-order chi connectivity index (χ0) is 15.3. The van der Waals surface area contributed by atoms with Crippen LogP contribution in [-0.2, 0) is 9.59 Å². The molecule has 1 N–H and O–H groups in total. The monoisotopic (exact) mass is 278 g/mol. The minimum atomic E-state index is -1.29. The Hall–Kier alpha value is -2.04. The number of ether oxygens (including phenoxy) is 1. The third kappa shape index (κ3) is 4.26. The second-order valence-electron chi connectivity index (χ2n) is 5.12. The summed E-state index contributed by atoms with van der Waals surface area (Å²) in [6, 6.07) is 4.67. The van der Waals surface area contributed by atoms with E-state index in [0.717, 1.165) is 11.1 Å². The molecule has 0 unspecified atom stereocenters. The summed E-state index contributed by atoms with van der Waals surface area (Å²) in [6.45, 7) is 6.96. The van der Waals surface area contributed by atoms with Crippen molar-refractivity contribution in [2.24, 2.45) is 5.92 Å². The largest absolute Gasteiger partial charge is 0.548 e. The van der Waals surface area contributed by atoms with E-state index >= 15 is 0 Å². The third-order valence-corrected chi connectivity index (χ3v) is 2.99. The molecule has 0 fully saturated rings. The van der Waals surface area contributed by atoms with Crippen LogP contribution in [0, 0.1) is 19.8 Å². The molecule has 1 amide bonds. The lowest BCUT2D eigenvalue weighted by molar-refractivity contribution is -0.309. The molecule has 0 aliphatic heterocycles. The summed E-state index contributed by atoms with van der Waals surface area (Å²) >= 11 is 0. The topological polar surface area (TPSA) is 78.5 Å². The minimum Gasteiger partial charge on any atom is -0.548 e. The number of hydrogen-bond acceptors (Lipinski definition) is 4. The van der Waals surface area contributed by atoms with E-state index in [0.29, 0.717) is 5.75 Å². The molecule has 5 heteroatoms. The molecular weight excluding hydrogens is 258 g/mol. The molecule has 5 nitrogen and oxygen atoms in total. The molecule has 0 bridgehead atoms. The zero-order valence-electron chi connectivity index (χ0n) is 12.2. The van der Waals surface area contributed by atoms with Gasteiger partial charge in [-0.3, -0.25) is 4.79 Å². The first kappa shape index (κ1) is 16.0. The first-order valence-electron chi connectivity index (χ1n) is 6.52. The number of hydrogen-bond donors (Lipinski definition) is 1. The van der Waals surface area contributed by atoms with E-state index in [4.69, 9.17) is 4.74 Å². The number of carbonyl (C=O) groups is 2. The highest BCUT2D eigenvalue weighted by Gasteiger charge is 2.17. The fraction of sp³-hybridized carbons (Fsp3) is 0.467. The SMILES string of the molecule is Cc1cccc(C)c1OCC(=O)N[C@H](C(=O)[O-])C(C)C. The third-order valence-electron chi connectivity index (χ3n) is 2.99. The van der Waals surface area contributed by atoms with Crippen molar-refractivity contribution >= 4 is 11.9 Å². The second kappa shape index (κ2) is 6.93. The molecule has 0 heterocycles. The van der Waals surface area contributed by atoms with Gasteiger partial charge in [0.1, 0.15) is 5.75 Å². The number of carboxylic acids is 1. The highest BCUT2D eigenvalue weighted by atomic mass is 16.5. The van der Waals surface area contributed by atoms with Gasteiger partial charge in [-0.25, -0.2) is 0 Å². The van der Waals surface area contributed by atoms with Crippen LogP contribution >= 0.6 is 0 Å². The van der Waals surface area contributed by atoms with Gasteiger partial charge < -0.3 is 20.0 Å². The number of amides is 1. The molecule has 0 saturated heterocycles. The second-order valence-corrected chi connectivity index (χ2v) is 5.12. The summed E-state index contributed by atoms with van der Waals surface area (Å²) in [5.74, 6) is -1.36. The number of aryl methyl sites for hydroxylation is 2. The molecule has 0 spiro atoms. The van der Waals surface area contributed by atoms with Gasteiger partial charge in [-0.15, -0.1) is 0 Å². The van der Waals surface area contributed by atoms with Gasteiger partial charge in [0, 0.05) is 0 Å². The van der Waals surface area contributed by atoms with Crippen molar-refractivity contribution in [3.63, 3.8) is 0 Å². The van der Waals surface area contributed by atoms with Crippen molar-refractivity contribution in [3.8, 4) is 5.75 Å². The Morgan fingerprint density at radius 2 is 1.80 bits per heavy atom. The Kier molecular flexibility index (Phi) is 5.55. The Morgan fingerprint density at radius 3 is 2.25 bits per heavy atom. The van der Waals surface area contributed by atoms with E-state index in [1.165, 1.54) is 0 Å². The quantitative estimate of drug-likeness (QED) is 0.825. The average Bonchev–Trinajstić information content (AvgIpc) is 2.34. The van der Waals surface area contributed by atoms with Crippen LogP contribution in [0.3, 0.4) is 0 Å². The van der Waals surface area contributed by atoms with E-state index in [9.17, 15) is 14.7 Å². The number of rotatable bonds is 6. The summed E-state index contributed by atoms with van der Waals surface area (Å²) in [7, 11) is 0. The summed E-state index contributed by atoms with van der Waals surface area (Å²) in [4.78, 5) is 22.6. The molecule has 0 aliphatic rings. The lowest BCUT2D eigenvalue weighted by atomic mass is 10.1. The van der Waals surface area contributed by atoms with Crippen LogP contribution in [0.1, 0.15) is 25.0 Å². The number of aliphatic carboxylic acids is 1. The van der Waals surface area contributed by atoms with Gasteiger partial charge in [0.15, 0.2) is 6.61 Å². The summed E-state index contributed by atoms with van der Waals surface area (Å²) < 4.78 is 5.46. The lowest BCUT2D eigenvalue weighted by Crippen LogP contribution is -2.51. The Bertz CT molecular complexity index is 476. The first-order chi connectivity index (χ1) is 9.32. The number of para-hydroxylation sites is 1. The Balaban J connectivity index is 2.62. The van der Waals surface area contributed by atoms with Crippen LogP contribution in [0.25, 0.3) is 0 Å². The van der Waals surface area contributed by atoms with Crippen LogP contribution in [0.15, 0.2) is 18.2 Å². The number of benzene rings is 1. The van der Waals surface area contributed by atoms with E-state index in [-0.39, 0.29) is 12.5 Å². The standard InChI is InChI=1S/C15H21NO4/c1-9(2)13(15(18)19)16-12(17)8-20-14-10(3)6-5-7-11(14)4/h5-7,9,13H,8H2,1-4H3,(H,16,17)(H,18,19)/p-1/t13-/m0/s1. The summed E-state index contributed by atoms with van der Waals surface area (Å²) in [5.41, 5.74) is 1.86. The van der Waals surface area contributed by atoms with Gasteiger partial charge in [0.2, 0.25) is 0 Å². The molecule has 110 valence electrons. The van der Waals surface area contributed by atoms with Crippen LogP contribution in [0.2, 0.25) is 0 Å². The fourth-order valence-corrected chi connectivity index (χ4v) is 1.88. The highest BCUT2D eigenvalue weighted by Crippen LogP contribution is 2.22. The molecule has 0 aliphatic carbocycles. The predicted octanol–water partition coefficient (Wildman–Crippen LogP) is 0.573. The molecular formula is C15H20NO4-. The van der Waals surface area contributed by atoms with Crippen molar-refractivity contribution in [3.05, 3.63) is 29.3 Å². The summed E-state index contributed by atoms with van der Waals surface area (Å²) in [5, 5.41) is 13.3. The van der Waals surface area contributed by atoms with Gasteiger partial charge in [0.25, 0.3) is 5.91 Å². The highest BCUT2D eigenvalue weighted by molar-refractivity contribution is 5.83. The van der Waals surface area contributed by atoms with Gasteiger partial charge in [-0.2, -0.15) is 0 Å². The fourth-order valence-electron chi connectivity index (χ4n) is 1.88. The number of carbonyl (C=O) groups excluding carboxylic acids is 2. The molecule has 0 saturated carbocycles. The maximum atomic E-state index is 11.7.